The van der Waals surface area contributed by atoms with E-state index in [9.17, 15) is 5.11 Å². The second-order valence-electron chi connectivity index (χ2n) is 4.87. The summed E-state index contributed by atoms with van der Waals surface area (Å²) in [4.78, 5) is 0. The van der Waals surface area contributed by atoms with Gasteiger partial charge in [0, 0.05) is 25.2 Å². The SMILES string of the molecule is CCC(C)C(CN)NC1CCCC1CO. The van der Waals surface area contributed by atoms with Crippen molar-refractivity contribution < 1.29 is 5.11 Å². The zero-order chi connectivity index (χ0) is 11.3. The van der Waals surface area contributed by atoms with Crippen LogP contribution in [0.4, 0.5) is 0 Å². The van der Waals surface area contributed by atoms with E-state index in [4.69, 9.17) is 5.73 Å². The lowest BCUT2D eigenvalue weighted by Crippen LogP contribution is -2.48. The predicted molar refractivity (Wildman–Crippen MR) is 63.6 cm³/mol. The number of aliphatic hydroxyl groups excluding tert-OH is 1. The van der Waals surface area contributed by atoms with Gasteiger partial charge in [0.1, 0.15) is 0 Å². The number of aliphatic hydroxyl groups is 1. The fourth-order valence-corrected chi connectivity index (χ4v) is 2.50. The molecule has 1 aliphatic rings. The Labute approximate surface area is 93.4 Å². The highest BCUT2D eigenvalue weighted by Crippen LogP contribution is 2.26. The Morgan fingerprint density at radius 2 is 2.20 bits per heavy atom. The summed E-state index contributed by atoms with van der Waals surface area (Å²) in [6.07, 6.45) is 4.75. The molecule has 0 aromatic carbocycles. The molecule has 0 bridgehead atoms. The minimum Gasteiger partial charge on any atom is -0.396 e. The van der Waals surface area contributed by atoms with Crippen LogP contribution in [-0.2, 0) is 0 Å². The highest BCUT2D eigenvalue weighted by Gasteiger charge is 2.29. The fraction of sp³-hybridized carbons (Fsp3) is 1.00. The minimum absolute atomic E-state index is 0.315. The maximum atomic E-state index is 9.25. The lowest BCUT2D eigenvalue weighted by molar-refractivity contribution is 0.192. The molecule has 0 aromatic heterocycles. The van der Waals surface area contributed by atoms with Gasteiger partial charge in [0.05, 0.1) is 0 Å². The van der Waals surface area contributed by atoms with Gasteiger partial charge in [-0.25, -0.2) is 0 Å². The zero-order valence-electron chi connectivity index (χ0n) is 10.1. The first-order chi connectivity index (χ1) is 7.22. The summed E-state index contributed by atoms with van der Waals surface area (Å²) >= 11 is 0. The van der Waals surface area contributed by atoms with E-state index in [0.29, 0.717) is 37.1 Å². The summed E-state index contributed by atoms with van der Waals surface area (Å²) in [6.45, 7) is 5.46. The first kappa shape index (κ1) is 12.9. The van der Waals surface area contributed by atoms with E-state index >= 15 is 0 Å². The average Bonchev–Trinajstić information content (AvgIpc) is 2.71. The standard InChI is InChI=1S/C12H26N2O/c1-3-9(2)12(7-13)14-11-6-4-5-10(11)8-15/h9-12,14-15H,3-8,13H2,1-2H3. The van der Waals surface area contributed by atoms with Crippen LogP contribution in [0.1, 0.15) is 39.5 Å². The van der Waals surface area contributed by atoms with Crippen molar-refractivity contribution in [1.82, 2.24) is 5.32 Å². The molecule has 0 heterocycles. The topological polar surface area (TPSA) is 58.3 Å². The highest BCUT2D eigenvalue weighted by atomic mass is 16.3. The van der Waals surface area contributed by atoms with Gasteiger partial charge in [0.15, 0.2) is 0 Å². The van der Waals surface area contributed by atoms with Crippen LogP contribution < -0.4 is 11.1 Å². The quantitative estimate of drug-likeness (QED) is 0.621. The highest BCUT2D eigenvalue weighted by molar-refractivity contribution is 4.87. The molecule has 15 heavy (non-hydrogen) atoms. The third kappa shape index (κ3) is 3.44. The molecular weight excluding hydrogens is 188 g/mol. The van der Waals surface area contributed by atoms with Crippen LogP contribution >= 0.6 is 0 Å². The first-order valence-corrected chi connectivity index (χ1v) is 6.29. The molecule has 1 saturated carbocycles. The molecule has 90 valence electrons. The van der Waals surface area contributed by atoms with Crippen LogP contribution in [0.25, 0.3) is 0 Å². The van der Waals surface area contributed by atoms with Gasteiger partial charge in [-0.05, 0) is 24.7 Å². The molecule has 0 spiro atoms. The van der Waals surface area contributed by atoms with Crippen molar-refractivity contribution in [2.24, 2.45) is 17.6 Å². The van der Waals surface area contributed by atoms with Crippen molar-refractivity contribution in [3.05, 3.63) is 0 Å². The molecular formula is C12H26N2O. The van der Waals surface area contributed by atoms with E-state index in [1.54, 1.807) is 0 Å². The monoisotopic (exact) mass is 214 g/mol. The summed E-state index contributed by atoms with van der Waals surface area (Å²) in [6, 6.07) is 0.893. The van der Waals surface area contributed by atoms with Crippen LogP contribution in [-0.4, -0.2) is 30.3 Å². The Kier molecular flexibility index (Phi) is 5.58. The van der Waals surface area contributed by atoms with Crippen molar-refractivity contribution in [3.63, 3.8) is 0 Å². The van der Waals surface area contributed by atoms with Crippen LogP contribution in [0.5, 0.6) is 0 Å². The second-order valence-corrected chi connectivity index (χ2v) is 4.87. The maximum absolute atomic E-state index is 9.25. The summed E-state index contributed by atoms with van der Waals surface area (Å²) in [7, 11) is 0. The Morgan fingerprint density at radius 3 is 2.73 bits per heavy atom. The van der Waals surface area contributed by atoms with Crippen molar-refractivity contribution in [3.8, 4) is 0 Å². The molecule has 3 heteroatoms. The number of hydrogen-bond donors (Lipinski definition) is 3. The summed E-state index contributed by atoms with van der Waals surface area (Å²) < 4.78 is 0. The van der Waals surface area contributed by atoms with Crippen molar-refractivity contribution in [2.75, 3.05) is 13.2 Å². The molecule has 0 amide bonds. The lowest BCUT2D eigenvalue weighted by Gasteiger charge is -2.29. The number of nitrogens with two attached hydrogens (primary N) is 1. The molecule has 4 atom stereocenters. The van der Waals surface area contributed by atoms with Crippen LogP contribution in [0.15, 0.2) is 0 Å². The smallest absolute Gasteiger partial charge is 0.0474 e. The summed E-state index contributed by atoms with van der Waals surface area (Å²) in [5.74, 6) is 1.07. The van der Waals surface area contributed by atoms with Crippen molar-refractivity contribution >= 4 is 0 Å². The van der Waals surface area contributed by atoms with Gasteiger partial charge in [0.25, 0.3) is 0 Å². The van der Waals surface area contributed by atoms with E-state index in [1.165, 1.54) is 12.8 Å². The molecule has 0 saturated heterocycles. The van der Waals surface area contributed by atoms with Gasteiger partial charge >= 0.3 is 0 Å². The van der Waals surface area contributed by atoms with E-state index in [-0.39, 0.29) is 0 Å². The zero-order valence-corrected chi connectivity index (χ0v) is 10.1. The molecule has 1 rings (SSSR count). The lowest BCUT2D eigenvalue weighted by atomic mass is 9.96. The van der Waals surface area contributed by atoms with Gasteiger partial charge in [-0.3, -0.25) is 0 Å². The Morgan fingerprint density at radius 1 is 1.47 bits per heavy atom. The van der Waals surface area contributed by atoms with Gasteiger partial charge < -0.3 is 16.2 Å². The summed E-state index contributed by atoms with van der Waals surface area (Å²) in [5.41, 5.74) is 5.79. The third-order valence-electron chi connectivity index (χ3n) is 3.91. The van der Waals surface area contributed by atoms with Gasteiger partial charge in [-0.1, -0.05) is 26.7 Å². The normalized spacial score (nSPS) is 30.4. The second kappa shape index (κ2) is 6.46. The van der Waals surface area contributed by atoms with E-state index in [0.717, 1.165) is 12.8 Å². The largest absolute Gasteiger partial charge is 0.396 e. The molecule has 4 unspecified atom stereocenters. The summed E-state index contributed by atoms with van der Waals surface area (Å²) in [5, 5.41) is 12.9. The molecule has 3 nitrogen and oxygen atoms in total. The van der Waals surface area contributed by atoms with E-state index < -0.39 is 0 Å². The van der Waals surface area contributed by atoms with Crippen LogP contribution in [0.3, 0.4) is 0 Å². The molecule has 1 fully saturated rings. The fourth-order valence-electron chi connectivity index (χ4n) is 2.50. The van der Waals surface area contributed by atoms with Gasteiger partial charge in [-0.15, -0.1) is 0 Å². The molecule has 0 aliphatic heterocycles. The van der Waals surface area contributed by atoms with E-state index in [2.05, 4.69) is 19.2 Å². The van der Waals surface area contributed by atoms with Gasteiger partial charge in [0.2, 0.25) is 0 Å². The maximum Gasteiger partial charge on any atom is 0.0474 e. The van der Waals surface area contributed by atoms with Crippen LogP contribution in [0, 0.1) is 11.8 Å². The van der Waals surface area contributed by atoms with Crippen LogP contribution in [0.2, 0.25) is 0 Å². The molecule has 0 radical (unpaired) electrons. The van der Waals surface area contributed by atoms with E-state index in [1.807, 2.05) is 0 Å². The molecule has 4 N–H and O–H groups in total. The van der Waals surface area contributed by atoms with Crippen molar-refractivity contribution in [1.29, 1.82) is 0 Å². The molecule has 1 aliphatic carbocycles. The first-order valence-electron chi connectivity index (χ1n) is 6.29. The number of hydrogen-bond acceptors (Lipinski definition) is 3. The Balaban J connectivity index is 2.43. The van der Waals surface area contributed by atoms with Crippen molar-refractivity contribution in [2.45, 2.75) is 51.6 Å². The average molecular weight is 214 g/mol. The predicted octanol–water partition coefficient (Wildman–Crippen LogP) is 1.11. The number of rotatable bonds is 6. The minimum atomic E-state index is 0.315. The number of nitrogens with one attached hydrogen (secondary N) is 1. The Bertz CT molecular complexity index is 175. The third-order valence-corrected chi connectivity index (χ3v) is 3.91. The Hall–Kier alpha value is -0.120. The van der Waals surface area contributed by atoms with Gasteiger partial charge in [-0.2, -0.15) is 0 Å². The molecule has 0 aromatic rings.